The van der Waals surface area contributed by atoms with Gasteiger partial charge in [0.25, 0.3) is 0 Å². The van der Waals surface area contributed by atoms with E-state index in [1.54, 1.807) is 0 Å². The highest BCUT2D eigenvalue weighted by molar-refractivity contribution is 6.30. The molecule has 1 saturated carbocycles. The van der Waals surface area contributed by atoms with Gasteiger partial charge in [-0.15, -0.1) is 0 Å². The molecule has 0 saturated heterocycles. The molecule has 0 atom stereocenters. The number of benzene rings is 1. The largest absolute Gasteiger partial charge is 0.371 e. The molecule has 0 radical (unpaired) electrons. The average Bonchev–Trinajstić information content (AvgIpc) is 2.41. The average molecular weight is 281 g/mol. The highest BCUT2D eigenvalue weighted by Crippen LogP contribution is 2.32. The fourth-order valence-electron chi connectivity index (χ4n) is 3.06. The maximum absolute atomic E-state index is 6.17. The van der Waals surface area contributed by atoms with Gasteiger partial charge in [0, 0.05) is 23.8 Å². The molecule has 1 aromatic rings. The van der Waals surface area contributed by atoms with Gasteiger partial charge in [0.2, 0.25) is 0 Å². The van der Waals surface area contributed by atoms with Gasteiger partial charge < -0.3 is 10.6 Å². The Balaban J connectivity index is 2.17. The van der Waals surface area contributed by atoms with Gasteiger partial charge in [0.15, 0.2) is 0 Å². The van der Waals surface area contributed by atoms with Gasteiger partial charge in [-0.3, -0.25) is 0 Å². The summed E-state index contributed by atoms with van der Waals surface area (Å²) < 4.78 is 0. The van der Waals surface area contributed by atoms with Crippen molar-refractivity contribution in [3.63, 3.8) is 0 Å². The topological polar surface area (TPSA) is 29.3 Å². The zero-order valence-electron chi connectivity index (χ0n) is 12.0. The second kappa shape index (κ2) is 6.62. The first-order chi connectivity index (χ1) is 9.11. The Bertz CT molecular complexity index is 411. The number of nitrogens with zero attached hydrogens (tertiary/aromatic N) is 1. The highest BCUT2D eigenvalue weighted by Gasteiger charge is 2.23. The van der Waals surface area contributed by atoms with Crippen molar-refractivity contribution >= 4 is 17.3 Å². The Morgan fingerprint density at radius 3 is 2.58 bits per heavy atom. The number of anilines is 1. The summed E-state index contributed by atoms with van der Waals surface area (Å²) >= 11 is 6.17. The number of halogens is 1. The predicted molar refractivity (Wildman–Crippen MR) is 84.0 cm³/mol. The summed E-state index contributed by atoms with van der Waals surface area (Å²) in [6.45, 7) is 3.04. The van der Waals surface area contributed by atoms with E-state index in [-0.39, 0.29) is 0 Å². The third-order valence-electron chi connectivity index (χ3n) is 4.37. The van der Waals surface area contributed by atoms with Gasteiger partial charge in [0.1, 0.15) is 0 Å². The van der Waals surface area contributed by atoms with Crippen LogP contribution in [0.3, 0.4) is 0 Å². The minimum absolute atomic E-state index is 0.645. The quantitative estimate of drug-likeness (QED) is 0.907. The summed E-state index contributed by atoms with van der Waals surface area (Å²) in [7, 11) is 2.20. The molecule has 2 nitrogen and oxygen atoms in total. The molecule has 0 heterocycles. The molecule has 1 aliphatic rings. The monoisotopic (exact) mass is 280 g/mol. The third kappa shape index (κ3) is 3.64. The fourth-order valence-corrected chi connectivity index (χ4v) is 3.23. The molecule has 1 aliphatic carbocycles. The molecule has 0 aromatic heterocycles. The minimum Gasteiger partial charge on any atom is -0.371 e. The number of rotatable bonds is 4. The Labute approximate surface area is 121 Å². The maximum Gasteiger partial charge on any atom is 0.0426 e. The van der Waals surface area contributed by atoms with E-state index in [1.807, 2.05) is 6.07 Å². The Kier molecular flexibility index (Phi) is 5.12. The normalized spacial score (nSPS) is 23.4. The SMILES string of the molecule is CC1CCC(N(C)c2cc(Cl)ccc2CCN)CC1. The van der Waals surface area contributed by atoms with E-state index in [0.29, 0.717) is 12.6 Å². The third-order valence-corrected chi connectivity index (χ3v) is 4.61. The molecule has 2 N–H and O–H groups in total. The van der Waals surface area contributed by atoms with Crippen molar-refractivity contribution in [1.82, 2.24) is 0 Å². The summed E-state index contributed by atoms with van der Waals surface area (Å²) in [6.07, 6.45) is 6.15. The zero-order chi connectivity index (χ0) is 13.8. The lowest BCUT2D eigenvalue weighted by Crippen LogP contribution is -2.35. The van der Waals surface area contributed by atoms with Crippen LogP contribution in [-0.2, 0) is 6.42 Å². The molecule has 0 spiro atoms. The molecule has 0 amide bonds. The van der Waals surface area contributed by atoms with Crippen LogP contribution in [0.1, 0.15) is 38.2 Å². The molecular weight excluding hydrogens is 256 g/mol. The Morgan fingerprint density at radius 2 is 1.95 bits per heavy atom. The van der Waals surface area contributed by atoms with Gasteiger partial charge in [0.05, 0.1) is 0 Å². The van der Waals surface area contributed by atoms with E-state index in [0.717, 1.165) is 17.4 Å². The van der Waals surface area contributed by atoms with Crippen LogP contribution in [-0.4, -0.2) is 19.6 Å². The van der Waals surface area contributed by atoms with Crippen molar-refractivity contribution in [1.29, 1.82) is 0 Å². The van der Waals surface area contributed by atoms with Crippen LogP contribution >= 0.6 is 11.6 Å². The molecule has 0 bridgehead atoms. The van der Waals surface area contributed by atoms with Gasteiger partial charge in [-0.1, -0.05) is 24.6 Å². The van der Waals surface area contributed by atoms with Crippen LogP contribution in [0.5, 0.6) is 0 Å². The summed E-state index contributed by atoms with van der Waals surface area (Å²) in [4.78, 5) is 2.42. The van der Waals surface area contributed by atoms with Gasteiger partial charge in [-0.25, -0.2) is 0 Å². The molecule has 19 heavy (non-hydrogen) atoms. The first-order valence-corrected chi connectivity index (χ1v) is 7.71. The number of hydrogen-bond donors (Lipinski definition) is 1. The molecule has 106 valence electrons. The molecule has 1 fully saturated rings. The lowest BCUT2D eigenvalue weighted by atomic mass is 9.86. The van der Waals surface area contributed by atoms with Crippen molar-refractivity contribution in [3.8, 4) is 0 Å². The van der Waals surface area contributed by atoms with Crippen LogP contribution in [0.4, 0.5) is 5.69 Å². The molecule has 0 unspecified atom stereocenters. The molecule has 3 heteroatoms. The minimum atomic E-state index is 0.645. The number of hydrogen-bond acceptors (Lipinski definition) is 2. The maximum atomic E-state index is 6.17. The Morgan fingerprint density at radius 1 is 1.26 bits per heavy atom. The van der Waals surface area contributed by atoms with E-state index in [1.165, 1.54) is 36.9 Å². The zero-order valence-corrected chi connectivity index (χ0v) is 12.8. The first-order valence-electron chi connectivity index (χ1n) is 7.33. The van der Waals surface area contributed by atoms with Gasteiger partial charge >= 0.3 is 0 Å². The van der Waals surface area contributed by atoms with E-state index in [9.17, 15) is 0 Å². The highest BCUT2D eigenvalue weighted by atomic mass is 35.5. The van der Waals surface area contributed by atoms with Crippen LogP contribution in [0.15, 0.2) is 18.2 Å². The van der Waals surface area contributed by atoms with Gasteiger partial charge in [-0.05, 0) is 62.3 Å². The second-order valence-corrected chi connectivity index (χ2v) is 6.27. The molecule has 0 aliphatic heterocycles. The predicted octanol–water partition coefficient (Wildman–Crippen LogP) is 3.86. The van der Waals surface area contributed by atoms with Crippen molar-refractivity contribution in [2.75, 3.05) is 18.5 Å². The van der Waals surface area contributed by atoms with Crippen LogP contribution in [0, 0.1) is 5.92 Å². The van der Waals surface area contributed by atoms with E-state index >= 15 is 0 Å². The lowest BCUT2D eigenvalue weighted by Gasteiger charge is -2.36. The van der Waals surface area contributed by atoms with E-state index < -0.39 is 0 Å². The van der Waals surface area contributed by atoms with E-state index in [2.05, 4.69) is 31.0 Å². The molecule has 1 aromatic carbocycles. The van der Waals surface area contributed by atoms with Crippen molar-refractivity contribution in [2.24, 2.45) is 11.7 Å². The lowest BCUT2D eigenvalue weighted by molar-refractivity contribution is 0.340. The second-order valence-electron chi connectivity index (χ2n) is 5.84. The van der Waals surface area contributed by atoms with Crippen molar-refractivity contribution < 1.29 is 0 Å². The Hall–Kier alpha value is -0.730. The summed E-state index contributed by atoms with van der Waals surface area (Å²) in [5, 5.41) is 0.812. The fraction of sp³-hybridized carbons (Fsp3) is 0.625. The molecule has 2 rings (SSSR count). The summed E-state index contributed by atoms with van der Waals surface area (Å²) in [5.41, 5.74) is 8.29. The van der Waals surface area contributed by atoms with Crippen LogP contribution in [0.2, 0.25) is 5.02 Å². The van der Waals surface area contributed by atoms with Crippen molar-refractivity contribution in [3.05, 3.63) is 28.8 Å². The number of nitrogens with two attached hydrogens (primary N) is 1. The first kappa shape index (κ1) is 14.7. The molecular formula is C16H25ClN2. The van der Waals surface area contributed by atoms with Gasteiger partial charge in [-0.2, -0.15) is 0 Å². The summed E-state index contributed by atoms with van der Waals surface area (Å²) in [6, 6.07) is 6.82. The van der Waals surface area contributed by atoms with Crippen molar-refractivity contribution in [2.45, 2.75) is 45.1 Å². The van der Waals surface area contributed by atoms with Crippen LogP contribution in [0.25, 0.3) is 0 Å². The smallest absolute Gasteiger partial charge is 0.0426 e. The van der Waals surface area contributed by atoms with E-state index in [4.69, 9.17) is 17.3 Å². The van der Waals surface area contributed by atoms with Crippen LogP contribution < -0.4 is 10.6 Å². The standard InChI is InChI=1S/C16H25ClN2/c1-12-3-7-15(8-4-12)19(2)16-11-14(17)6-5-13(16)9-10-18/h5-6,11-12,15H,3-4,7-10,18H2,1-2H3. The summed E-state index contributed by atoms with van der Waals surface area (Å²) in [5.74, 6) is 0.882.